The molecule has 3 rings (SSSR count). The number of aryl methyl sites for hydroxylation is 1. The number of aromatic nitrogens is 1. The largest absolute Gasteiger partial charge is 0.497 e. The maximum atomic E-state index is 6.31. The second-order valence-corrected chi connectivity index (χ2v) is 6.12. The van der Waals surface area contributed by atoms with Crippen LogP contribution < -0.4 is 30.8 Å². The Hall–Kier alpha value is -2.52. The Balaban J connectivity index is 1.96. The van der Waals surface area contributed by atoms with Crippen LogP contribution >= 0.6 is 11.3 Å². The number of nitrogens with two attached hydrogens (primary N) is 2. The first kappa shape index (κ1) is 15.4. The van der Waals surface area contributed by atoms with Gasteiger partial charge in [0.1, 0.15) is 11.5 Å². The number of nitrogens with zero attached hydrogens (tertiary/aromatic N) is 4. The lowest BCUT2D eigenvalue weighted by molar-refractivity contribution is 0.394. The van der Waals surface area contributed by atoms with Gasteiger partial charge in [-0.2, -0.15) is 5.01 Å². The molecule has 0 fully saturated rings. The lowest BCUT2D eigenvalue weighted by Crippen LogP contribution is -2.50. The smallest absolute Gasteiger partial charge is 0.221 e. The zero-order chi connectivity index (χ0) is 16.6. The number of guanidine groups is 1. The van der Waals surface area contributed by atoms with E-state index in [9.17, 15) is 0 Å². The molecule has 23 heavy (non-hydrogen) atoms. The molecule has 1 aromatic carbocycles. The fourth-order valence-corrected chi connectivity index (χ4v) is 3.02. The van der Waals surface area contributed by atoms with Gasteiger partial charge in [0.25, 0.3) is 0 Å². The molecule has 2 heterocycles. The summed E-state index contributed by atoms with van der Waals surface area (Å²) in [6.07, 6.45) is 1.17. The summed E-state index contributed by atoms with van der Waals surface area (Å²) < 4.78 is 10.6. The van der Waals surface area contributed by atoms with E-state index in [2.05, 4.69) is 10.1 Å². The van der Waals surface area contributed by atoms with Crippen LogP contribution in [0.25, 0.3) is 0 Å². The summed E-state index contributed by atoms with van der Waals surface area (Å²) in [6, 6.07) is 5.42. The van der Waals surface area contributed by atoms with Gasteiger partial charge < -0.3 is 15.2 Å². The van der Waals surface area contributed by atoms with Crippen molar-refractivity contribution in [2.45, 2.75) is 13.2 Å². The van der Waals surface area contributed by atoms with Crippen LogP contribution in [-0.4, -0.2) is 31.5 Å². The molecule has 1 atom stereocenters. The number of hydrazone groups is 1. The van der Waals surface area contributed by atoms with E-state index in [-0.39, 0.29) is 5.96 Å². The molecule has 4 N–H and O–H groups in total. The first-order valence-electron chi connectivity index (χ1n) is 6.87. The van der Waals surface area contributed by atoms with Crippen molar-refractivity contribution in [3.63, 3.8) is 0 Å². The Labute approximate surface area is 137 Å². The van der Waals surface area contributed by atoms with Crippen LogP contribution in [0.2, 0.25) is 0 Å². The van der Waals surface area contributed by atoms with E-state index >= 15 is 0 Å². The van der Waals surface area contributed by atoms with Gasteiger partial charge in [0, 0.05) is 29.3 Å². The highest BCUT2D eigenvalue weighted by Gasteiger charge is 2.34. The summed E-state index contributed by atoms with van der Waals surface area (Å²) in [5.41, 5.74) is 13.1. The molecule has 0 aliphatic carbocycles. The van der Waals surface area contributed by atoms with Gasteiger partial charge in [0.2, 0.25) is 11.1 Å². The summed E-state index contributed by atoms with van der Waals surface area (Å²) in [5, 5.41) is 6.60. The van der Waals surface area contributed by atoms with Gasteiger partial charge in [-0.3, -0.25) is 10.6 Å². The van der Waals surface area contributed by atoms with Gasteiger partial charge in [-0.15, -0.1) is 16.4 Å². The van der Waals surface area contributed by atoms with Gasteiger partial charge in [-0.1, -0.05) is 0 Å². The van der Waals surface area contributed by atoms with E-state index in [4.69, 9.17) is 20.9 Å². The number of rotatable bonds is 4. The predicted octanol–water partition coefficient (Wildman–Crippen LogP) is 1.27. The number of ether oxygens (including phenoxy) is 2. The van der Waals surface area contributed by atoms with E-state index in [1.807, 2.05) is 19.1 Å². The van der Waals surface area contributed by atoms with Gasteiger partial charge in [-0.25, -0.2) is 4.98 Å². The van der Waals surface area contributed by atoms with Crippen molar-refractivity contribution in [1.82, 2.24) is 4.98 Å². The average Bonchev–Trinajstić information content (AvgIpc) is 3.10. The molecule has 1 aliphatic heterocycles. The number of hydrogen-bond donors (Lipinski definition) is 2. The van der Waals surface area contributed by atoms with Gasteiger partial charge in [0.05, 0.1) is 19.9 Å². The standard InChI is InChI=1S/C14H18N6O2S/c1-8-7-17-14(23-8)20-13(16)19(12(15)18-20)9-4-10(21-2)6-11(5-9)22-3/h4-7,13H,16H2,1-3H3,(H2,15,18). The molecule has 122 valence electrons. The lowest BCUT2D eigenvalue weighted by Gasteiger charge is -2.26. The highest BCUT2D eigenvalue weighted by molar-refractivity contribution is 7.15. The van der Waals surface area contributed by atoms with E-state index in [1.165, 1.54) is 11.3 Å². The number of hydrogen-bond acceptors (Lipinski definition) is 9. The quantitative estimate of drug-likeness (QED) is 0.868. The van der Waals surface area contributed by atoms with Crippen LogP contribution in [0.3, 0.4) is 0 Å². The van der Waals surface area contributed by atoms with Crippen molar-refractivity contribution in [2.75, 3.05) is 24.1 Å². The van der Waals surface area contributed by atoms with Crippen LogP contribution in [0.15, 0.2) is 29.5 Å². The minimum absolute atomic E-state index is 0.278. The molecule has 0 amide bonds. The summed E-state index contributed by atoms with van der Waals surface area (Å²) >= 11 is 1.50. The van der Waals surface area contributed by atoms with Crippen molar-refractivity contribution in [2.24, 2.45) is 16.6 Å². The monoisotopic (exact) mass is 334 g/mol. The summed E-state index contributed by atoms with van der Waals surface area (Å²) in [6.45, 7) is 1.97. The molecule has 0 bridgehead atoms. The lowest BCUT2D eigenvalue weighted by atomic mass is 10.2. The molecular formula is C14H18N6O2S. The van der Waals surface area contributed by atoms with Gasteiger partial charge in [-0.05, 0) is 6.92 Å². The molecule has 8 nitrogen and oxygen atoms in total. The first-order chi connectivity index (χ1) is 11.0. The molecule has 1 aliphatic rings. The van der Waals surface area contributed by atoms with Crippen LogP contribution in [0.4, 0.5) is 10.8 Å². The maximum Gasteiger partial charge on any atom is 0.221 e. The Bertz CT molecular complexity index is 724. The minimum Gasteiger partial charge on any atom is -0.497 e. The molecule has 2 aromatic rings. The zero-order valence-electron chi connectivity index (χ0n) is 13.1. The number of methoxy groups -OCH3 is 2. The topological polar surface area (TPSA) is 102 Å². The molecule has 0 spiro atoms. The highest BCUT2D eigenvalue weighted by Crippen LogP contribution is 2.33. The summed E-state index contributed by atoms with van der Waals surface area (Å²) in [5.74, 6) is 1.56. The number of benzene rings is 1. The Morgan fingerprint density at radius 1 is 1.17 bits per heavy atom. The third-order valence-corrected chi connectivity index (χ3v) is 4.29. The Morgan fingerprint density at radius 2 is 1.83 bits per heavy atom. The molecule has 9 heteroatoms. The van der Waals surface area contributed by atoms with E-state index < -0.39 is 6.29 Å². The highest BCUT2D eigenvalue weighted by atomic mass is 32.1. The SMILES string of the molecule is COc1cc(OC)cc(N2C(N)=NN(c3ncc(C)s3)C2N)c1. The van der Waals surface area contributed by atoms with Gasteiger partial charge >= 0.3 is 0 Å². The first-order valence-corrected chi connectivity index (χ1v) is 7.68. The van der Waals surface area contributed by atoms with Crippen molar-refractivity contribution in [1.29, 1.82) is 0 Å². The van der Waals surface area contributed by atoms with E-state index in [1.54, 1.807) is 36.4 Å². The average molecular weight is 334 g/mol. The van der Waals surface area contributed by atoms with Crippen LogP contribution in [-0.2, 0) is 0 Å². The molecule has 0 saturated carbocycles. The van der Waals surface area contributed by atoms with Crippen molar-refractivity contribution < 1.29 is 9.47 Å². The van der Waals surface area contributed by atoms with Crippen molar-refractivity contribution >= 4 is 28.1 Å². The number of anilines is 2. The van der Waals surface area contributed by atoms with Crippen molar-refractivity contribution in [3.05, 3.63) is 29.3 Å². The zero-order valence-corrected chi connectivity index (χ0v) is 13.9. The third-order valence-electron chi connectivity index (χ3n) is 3.39. The predicted molar refractivity (Wildman–Crippen MR) is 91.0 cm³/mol. The second kappa shape index (κ2) is 5.94. The molecule has 1 unspecified atom stereocenters. The van der Waals surface area contributed by atoms with E-state index in [0.717, 1.165) is 10.6 Å². The Morgan fingerprint density at radius 3 is 2.35 bits per heavy atom. The van der Waals surface area contributed by atoms with Crippen LogP contribution in [0, 0.1) is 6.92 Å². The van der Waals surface area contributed by atoms with E-state index in [0.29, 0.717) is 16.6 Å². The normalized spacial score (nSPS) is 17.4. The second-order valence-electron chi connectivity index (χ2n) is 4.91. The fraction of sp³-hybridized carbons (Fsp3) is 0.286. The van der Waals surface area contributed by atoms with Crippen LogP contribution in [0.5, 0.6) is 11.5 Å². The maximum absolute atomic E-state index is 6.31. The molecule has 1 aromatic heterocycles. The van der Waals surface area contributed by atoms with Crippen LogP contribution in [0.1, 0.15) is 4.88 Å². The molecular weight excluding hydrogens is 316 g/mol. The minimum atomic E-state index is -0.600. The number of thiazole rings is 1. The summed E-state index contributed by atoms with van der Waals surface area (Å²) in [4.78, 5) is 7.07. The molecule has 0 saturated heterocycles. The Kier molecular flexibility index (Phi) is 3.97. The van der Waals surface area contributed by atoms with Gasteiger partial charge in [0.15, 0.2) is 6.29 Å². The third kappa shape index (κ3) is 2.76. The fourth-order valence-electron chi connectivity index (χ4n) is 2.28. The summed E-state index contributed by atoms with van der Waals surface area (Å²) in [7, 11) is 3.18. The van der Waals surface area contributed by atoms with Crippen molar-refractivity contribution in [3.8, 4) is 11.5 Å². The molecule has 0 radical (unpaired) electrons.